The van der Waals surface area contributed by atoms with E-state index in [2.05, 4.69) is 48.0 Å². The predicted octanol–water partition coefficient (Wildman–Crippen LogP) is 5.02. The fourth-order valence-electron chi connectivity index (χ4n) is 3.24. The monoisotopic (exact) mass is 363 g/mol. The van der Waals surface area contributed by atoms with Crippen LogP contribution in [0, 0.1) is 18.8 Å². The summed E-state index contributed by atoms with van der Waals surface area (Å²) in [5.74, 6) is 6.41. The zero-order valence-corrected chi connectivity index (χ0v) is 15.8. The van der Waals surface area contributed by atoms with Crippen molar-refractivity contribution in [1.82, 2.24) is 4.98 Å². The van der Waals surface area contributed by atoms with E-state index in [0.29, 0.717) is 18.2 Å². The van der Waals surface area contributed by atoms with Crippen molar-refractivity contribution in [3.05, 3.63) is 117 Å². The first-order valence-electron chi connectivity index (χ1n) is 9.42. The summed E-state index contributed by atoms with van der Waals surface area (Å²) >= 11 is 0. The van der Waals surface area contributed by atoms with Gasteiger partial charge in [-0.15, -0.1) is 0 Å². The van der Waals surface area contributed by atoms with Gasteiger partial charge in [0.1, 0.15) is 0 Å². The first-order valence-corrected chi connectivity index (χ1v) is 9.42. The fraction of sp³-hybridized carbons (Fsp3) is 0.115. The minimum Gasteiger partial charge on any atom is -0.361 e. The lowest BCUT2D eigenvalue weighted by molar-refractivity contribution is 1.14. The van der Waals surface area contributed by atoms with Crippen molar-refractivity contribution in [2.24, 2.45) is 0 Å². The van der Waals surface area contributed by atoms with Gasteiger partial charge in [0, 0.05) is 41.1 Å². The maximum atomic E-state index is 12.9. The zero-order chi connectivity index (χ0) is 19.3. The maximum absolute atomic E-state index is 12.9. The van der Waals surface area contributed by atoms with E-state index in [9.17, 15) is 4.79 Å². The smallest absolute Gasteiger partial charge is 0.192 e. The molecule has 0 atom stereocenters. The highest BCUT2D eigenvalue weighted by atomic mass is 16.1. The summed E-state index contributed by atoms with van der Waals surface area (Å²) in [6.45, 7) is 2.08. The van der Waals surface area contributed by atoms with Gasteiger partial charge in [-0.2, -0.15) is 0 Å². The van der Waals surface area contributed by atoms with E-state index in [1.54, 1.807) is 0 Å². The molecule has 28 heavy (non-hydrogen) atoms. The number of aryl methyl sites for hydroxylation is 1. The Morgan fingerprint density at radius 2 is 1.68 bits per heavy atom. The number of H-pyrrole nitrogens is 1. The van der Waals surface area contributed by atoms with Crippen molar-refractivity contribution in [1.29, 1.82) is 0 Å². The first-order chi connectivity index (χ1) is 13.7. The van der Waals surface area contributed by atoms with Gasteiger partial charge in [-0.1, -0.05) is 72.0 Å². The number of rotatable bonds is 3. The van der Waals surface area contributed by atoms with Gasteiger partial charge in [-0.05, 0) is 36.2 Å². The van der Waals surface area contributed by atoms with E-state index in [4.69, 9.17) is 0 Å². The topological polar surface area (TPSA) is 32.9 Å². The summed E-state index contributed by atoms with van der Waals surface area (Å²) < 4.78 is 0. The van der Waals surface area contributed by atoms with E-state index < -0.39 is 0 Å². The number of aromatic amines is 1. The largest absolute Gasteiger partial charge is 0.361 e. The van der Waals surface area contributed by atoms with Crippen LogP contribution in [-0.2, 0) is 12.8 Å². The second-order valence-corrected chi connectivity index (χ2v) is 7.03. The van der Waals surface area contributed by atoms with Gasteiger partial charge >= 0.3 is 0 Å². The molecule has 0 saturated heterocycles. The quantitative estimate of drug-likeness (QED) is 0.509. The SMILES string of the molecule is Cc1ccc(CC#Cc2ccc3[nH]cc(Cc4ccccc4)c(=O)c3c2)cc1. The summed E-state index contributed by atoms with van der Waals surface area (Å²) in [5, 5.41) is 0.690. The number of fused-ring (bicyclic) bond motifs is 1. The molecule has 136 valence electrons. The van der Waals surface area contributed by atoms with Crippen LogP contribution in [-0.4, -0.2) is 4.98 Å². The molecule has 2 heteroatoms. The van der Waals surface area contributed by atoms with Crippen LogP contribution in [0.15, 0.2) is 83.8 Å². The highest BCUT2D eigenvalue weighted by Gasteiger charge is 2.06. The van der Waals surface area contributed by atoms with Crippen molar-refractivity contribution in [2.75, 3.05) is 0 Å². The molecule has 0 spiro atoms. The highest BCUT2D eigenvalue weighted by Crippen LogP contribution is 2.13. The lowest BCUT2D eigenvalue weighted by Crippen LogP contribution is -2.10. The molecule has 1 aromatic heterocycles. The zero-order valence-electron chi connectivity index (χ0n) is 15.8. The Balaban J connectivity index is 1.61. The predicted molar refractivity (Wildman–Crippen MR) is 116 cm³/mol. The van der Waals surface area contributed by atoms with Crippen molar-refractivity contribution in [3.63, 3.8) is 0 Å². The third-order valence-corrected chi connectivity index (χ3v) is 4.84. The molecule has 4 rings (SSSR count). The molecule has 0 amide bonds. The average molecular weight is 363 g/mol. The number of nitrogens with one attached hydrogen (secondary N) is 1. The summed E-state index contributed by atoms with van der Waals surface area (Å²) in [5.41, 5.74) is 6.11. The third-order valence-electron chi connectivity index (χ3n) is 4.84. The van der Waals surface area contributed by atoms with Gasteiger partial charge in [0.2, 0.25) is 0 Å². The van der Waals surface area contributed by atoms with Crippen molar-refractivity contribution in [3.8, 4) is 11.8 Å². The molecule has 4 aromatic rings. The Hall–Kier alpha value is -3.57. The number of hydrogen-bond acceptors (Lipinski definition) is 1. The van der Waals surface area contributed by atoms with Crippen LogP contribution >= 0.6 is 0 Å². The lowest BCUT2D eigenvalue weighted by Gasteiger charge is -2.04. The number of benzene rings is 3. The van der Waals surface area contributed by atoms with Gasteiger partial charge < -0.3 is 4.98 Å². The van der Waals surface area contributed by atoms with E-state index >= 15 is 0 Å². The van der Waals surface area contributed by atoms with E-state index in [-0.39, 0.29) is 5.43 Å². The van der Waals surface area contributed by atoms with E-state index in [1.807, 2.05) is 54.7 Å². The van der Waals surface area contributed by atoms with Crippen LogP contribution in [0.1, 0.15) is 27.8 Å². The van der Waals surface area contributed by atoms with Crippen LogP contribution in [0.3, 0.4) is 0 Å². The number of pyridine rings is 1. The van der Waals surface area contributed by atoms with Crippen LogP contribution in [0.5, 0.6) is 0 Å². The molecule has 0 radical (unpaired) electrons. The Morgan fingerprint density at radius 3 is 2.46 bits per heavy atom. The van der Waals surface area contributed by atoms with Gasteiger partial charge in [0.15, 0.2) is 5.43 Å². The van der Waals surface area contributed by atoms with Crippen LogP contribution < -0.4 is 5.43 Å². The van der Waals surface area contributed by atoms with Gasteiger partial charge in [-0.3, -0.25) is 4.79 Å². The molecule has 0 fully saturated rings. The third kappa shape index (κ3) is 4.05. The summed E-state index contributed by atoms with van der Waals surface area (Å²) in [6, 6.07) is 24.2. The van der Waals surface area contributed by atoms with Crippen LogP contribution in [0.2, 0.25) is 0 Å². The molecule has 1 heterocycles. The molecular weight excluding hydrogens is 342 g/mol. The average Bonchev–Trinajstić information content (AvgIpc) is 2.73. The van der Waals surface area contributed by atoms with Crippen molar-refractivity contribution < 1.29 is 0 Å². The molecule has 0 unspecified atom stereocenters. The van der Waals surface area contributed by atoms with Gasteiger partial charge in [-0.25, -0.2) is 0 Å². The van der Waals surface area contributed by atoms with Crippen LogP contribution in [0.25, 0.3) is 10.9 Å². The Bertz CT molecular complexity index is 1220. The lowest BCUT2D eigenvalue weighted by atomic mass is 10.0. The molecular formula is C26H21NO. The Morgan fingerprint density at radius 1 is 0.893 bits per heavy atom. The van der Waals surface area contributed by atoms with E-state index in [1.165, 1.54) is 11.1 Å². The van der Waals surface area contributed by atoms with Crippen molar-refractivity contribution >= 4 is 10.9 Å². The summed E-state index contributed by atoms with van der Waals surface area (Å²) in [6.07, 6.45) is 3.14. The van der Waals surface area contributed by atoms with Crippen LogP contribution in [0.4, 0.5) is 0 Å². The molecule has 0 bridgehead atoms. The number of hydrogen-bond donors (Lipinski definition) is 1. The van der Waals surface area contributed by atoms with Gasteiger partial charge in [0.05, 0.1) is 0 Å². The molecule has 1 N–H and O–H groups in total. The first kappa shape index (κ1) is 17.8. The Labute approximate surface area is 164 Å². The maximum Gasteiger partial charge on any atom is 0.192 e. The second-order valence-electron chi connectivity index (χ2n) is 7.03. The fourth-order valence-corrected chi connectivity index (χ4v) is 3.24. The molecule has 0 aliphatic rings. The Kier molecular flexibility index (Phi) is 5.08. The van der Waals surface area contributed by atoms with Gasteiger partial charge in [0.25, 0.3) is 0 Å². The molecule has 2 nitrogen and oxygen atoms in total. The second kappa shape index (κ2) is 7.98. The van der Waals surface area contributed by atoms with Crippen molar-refractivity contribution in [2.45, 2.75) is 19.8 Å². The molecule has 0 saturated carbocycles. The standard InChI is InChI=1S/C26H21NO/c1-19-10-12-20(13-11-19)8-5-9-22-14-15-25-24(17-22)26(28)23(18-27-25)16-21-6-3-2-4-7-21/h2-4,6-7,10-15,17-18H,8,16H2,1H3,(H,27,28). The van der Waals surface area contributed by atoms with E-state index in [0.717, 1.165) is 22.2 Å². The highest BCUT2D eigenvalue weighted by molar-refractivity contribution is 5.80. The minimum atomic E-state index is 0.0692. The summed E-state index contributed by atoms with van der Waals surface area (Å²) in [7, 11) is 0. The normalized spacial score (nSPS) is 10.5. The molecule has 0 aliphatic heterocycles. The molecule has 3 aromatic carbocycles. The number of aromatic nitrogens is 1. The molecule has 0 aliphatic carbocycles. The minimum absolute atomic E-state index is 0.0692. The summed E-state index contributed by atoms with van der Waals surface area (Å²) in [4.78, 5) is 16.2.